The standard InChI is InChI=1S/C22H29N3O3/c26-22-21(19-8-12-28-13-9-23-19)18-14-16(24-15-2-1-3-15)4-5-20(18)25(22)17-6-10-27-11-7-17/h4-5,14-15,17,23-24H,1-3,6-13H2/b21-19-. The third-order valence-electron chi connectivity index (χ3n) is 6.37. The molecule has 5 rings (SSSR count). The van der Waals surface area contributed by atoms with Crippen LogP contribution in [0.3, 0.4) is 0 Å². The van der Waals surface area contributed by atoms with Gasteiger partial charge in [-0.05, 0) is 50.3 Å². The molecule has 1 aromatic rings. The van der Waals surface area contributed by atoms with Crippen LogP contribution in [0.1, 0.15) is 44.1 Å². The van der Waals surface area contributed by atoms with Crippen LogP contribution in [0.25, 0.3) is 5.57 Å². The normalized spacial score (nSPS) is 26.4. The molecule has 2 N–H and O–H groups in total. The highest BCUT2D eigenvalue weighted by Crippen LogP contribution is 2.43. The number of fused-ring (bicyclic) bond motifs is 1. The minimum absolute atomic E-state index is 0.132. The fourth-order valence-corrected chi connectivity index (χ4v) is 4.62. The molecule has 0 aromatic heterocycles. The largest absolute Gasteiger partial charge is 0.385 e. The molecular weight excluding hydrogens is 354 g/mol. The van der Waals surface area contributed by atoms with Crippen LogP contribution < -0.4 is 15.5 Å². The number of benzene rings is 1. The van der Waals surface area contributed by atoms with E-state index < -0.39 is 0 Å². The van der Waals surface area contributed by atoms with Gasteiger partial charge in [0.25, 0.3) is 5.91 Å². The van der Waals surface area contributed by atoms with Crippen molar-refractivity contribution in [3.8, 4) is 0 Å². The molecule has 150 valence electrons. The van der Waals surface area contributed by atoms with E-state index in [1.165, 1.54) is 19.3 Å². The van der Waals surface area contributed by atoms with Gasteiger partial charge in [-0.1, -0.05) is 0 Å². The van der Waals surface area contributed by atoms with Gasteiger partial charge in [0.2, 0.25) is 0 Å². The first kappa shape index (κ1) is 18.0. The maximum absolute atomic E-state index is 13.6. The third-order valence-corrected chi connectivity index (χ3v) is 6.37. The third kappa shape index (κ3) is 3.29. The summed E-state index contributed by atoms with van der Waals surface area (Å²) in [5.41, 5.74) is 5.09. The van der Waals surface area contributed by atoms with E-state index in [0.717, 1.165) is 67.2 Å². The first-order chi connectivity index (χ1) is 13.8. The van der Waals surface area contributed by atoms with E-state index in [0.29, 0.717) is 19.3 Å². The van der Waals surface area contributed by atoms with Gasteiger partial charge in [0.1, 0.15) is 0 Å². The van der Waals surface area contributed by atoms with Crippen LogP contribution in [0.4, 0.5) is 11.4 Å². The van der Waals surface area contributed by atoms with Crippen molar-refractivity contribution in [1.29, 1.82) is 0 Å². The Morgan fingerprint density at radius 1 is 1.04 bits per heavy atom. The number of carbonyl (C=O) groups is 1. The van der Waals surface area contributed by atoms with E-state index in [-0.39, 0.29) is 11.9 Å². The Bertz CT molecular complexity index is 771. The fourth-order valence-electron chi connectivity index (χ4n) is 4.62. The van der Waals surface area contributed by atoms with Crippen molar-refractivity contribution in [3.05, 3.63) is 29.5 Å². The van der Waals surface area contributed by atoms with Crippen LogP contribution in [-0.2, 0) is 14.3 Å². The fraction of sp³-hybridized carbons (Fsp3) is 0.591. The van der Waals surface area contributed by atoms with Crippen molar-refractivity contribution in [2.75, 3.05) is 43.2 Å². The molecule has 1 aliphatic carbocycles. The molecule has 1 amide bonds. The number of amides is 1. The second kappa shape index (κ2) is 7.76. The zero-order valence-corrected chi connectivity index (χ0v) is 16.3. The van der Waals surface area contributed by atoms with Gasteiger partial charge in [0, 0.05) is 55.2 Å². The van der Waals surface area contributed by atoms with Crippen molar-refractivity contribution in [3.63, 3.8) is 0 Å². The number of carbonyl (C=O) groups excluding carboxylic acids is 1. The van der Waals surface area contributed by atoms with Crippen LogP contribution in [0.2, 0.25) is 0 Å². The number of hydrogen-bond donors (Lipinski definition) is 2. The summed E-state index contributed by atoms with van der Waals surface area (Å²) < 4.78 is 11.1. The lowest BCUT2D eigenvalue weighted by molar-refractivity contribution is -0.113. The molecule has 1 saturated carbocycles. The molecule has 0 spiro atoms. The summed E-state index contributed by atoms with van der Waals surface area (Å²) >= 11 is 0. The minimum Gasteiger partial charge on any atom is -0.385 e. The highest BCUT2D eigenvalue weighted by Gasteiger charge is 2.39. The maximum atomic E-state index is 13.6. The Balaban J connectivity index is 1.54. The van der Waals surface area contributed by atoms with Crippen LogP contribution in [0.5, 0.6) is 0 Å². The Hall–Kier alpha value is -2.05. The van der Waals surface area contributed by atoms with Crippen LogP contribution >= 0.6 is 0 Å². The number of nitrogens with zero attached hydrogens (tertiary/aromatic N) is 1. The Morgan fingerprint density at radius 3 is 2.64 bits per heavy atom. The Kier molecular flexibility index (Phi) is 4.99. The molecule has 28 heavy (non-hydrogen) atoms. The highest BCUT2D eigenvalue weighted by atomic mass is 16.5. The van der Waals surface area contributed by atoms with E-state index in [4.69, 9.17) is 9.47 Å². The average Bonchev–Trinajstić information content (AvgIpc) is 2.84. The summed E-state index contributed by atoms with van der Waals surface area (Å²) in [4.78, 5) is 15.6. The summed E-state index contributed by atoms with van der Waals surface area (Å²) in [6.07, 6.45) is 6.31. The molecule has 6 heteroatoms. The summed E-state index contributed by atoms with van der Waals surface area (Å²) in [5.74, 6) is 0.132. The molecule has 6 nitrogen and oxygen atoms in total. The van der Waals surface area contributed by atoms with Crippen LogP contribution in [0.15, 0.2) is 23.9 Å². The molecular formula is C22H29N3O3. The van der Waals surface area contributed by atoms with Crippen molar-refractivity contribution < 1.29 is 14.3 Å². The van der Waals surface area contributed by atoms with E-state index in [1.54, 1.807) is 0 Å². The molecule has 0 unspecified atom stereocenters. The lowest BCUT2D eigenvalue weighted by Gasteiger charge is -2.31. The van der Waals surface area contributed by atoms with Gasteiger partial charge >= 0.3 is 0 Å². The lowest BCUT2D eigenvalue weighted by Crippen LogP contribution is -2.41. The summed E-state index contributed by atoms with van der Waals surface area (Å²) in [6, 6.07) is 7.23. The van der Waals surface area contributed by atoms with Gasteiger partial charge in [-0.3, -0.25) is 4.79 Å². The van der Waals surface area contributed by atoms with Crippen LogP contribution in [-0.4, -0.2) is 51.0 Å². The SMILES string of the molecule is O=C1/C(=C2/CCOCCN2)c2cc(NC3CCC3)ccc2N1C1CCOCC1. The number of ether oxygens (including phenoxy) is 2. The summed E-state index contributed by atoms with van der Waals surface area (Å²) in [5, 5.41) is 7.10. The topological polar surface area (TPSA) is 62.8 Å². The van der Waals surface area contributed by atoms with Crippen molar-refractivity contribution in [1.82, 2.24) is 5.32 Å². The minimum atomic E-state index is 0.132. The highest BCUT2D eigenvalue weighted by molar-refractivity contribution is 6.33. The molecule has 3 heterocycles. The van der Waals surface area contributed by atoms with Gasteiger partial charge in [-0.15, -0.1) is 0 Å². The number of nitrogens with one attached hydrogen (secondary N) is 2. The monoisotopic (exact) mass is 383 g/mol. The summed E-state index contributed by atoms with van der Waals surface area (Å²) in [7, 11) is 0. The van der Waals surface area contributed by atoms with Gasteiger partial charge < -0.3 is 25.0 Å². The molecule has 4 aliphatic rings. The molecule has 3 fully saturated rings. The van der Waals surface area contributed by atoms with Crippen LogP contribution in [0, 0.1) is 0 Å². The predicted octanol–water partition coefficient (Wildman–Crippen LogP) is 2.90. The summed E-state index contributed by atoms with van der Waals surface area (Å²) in [6.45, 7) is 3.54. The first-order valence-corrected chi connectivity index (χ1v) is 10.7. The number of anilines is 2. The Labute approximate surface area is 166 Å². The second-order valence-corrected chi connectivity index (χ2v) is 8.17. The second-order valence-electron chi connectivity index (χ2n) is 8.17. The molecule has 2 saturated heterocycles. The maximum Gasteiger partial charge on any atom is 0.261 e. The van der Waals surface area contributed by atoms with Crippen molar-refractivity contribution in [2.45, 2.75) is 50.6 Å². The molecule has 3 aliphatic heterocycles. The number of hydrogen-bond acceptors (Lipinski definition) is 5. The average molecular weight is 383 g/mol. The van der Waals surface area contributed by atoms with Gasteiger partial charge in [-0.2, -0.15) is 0 Å². The zero-order valence-electron chi connectivity index (χ0n) is 16.3. The lowest BCUT2D eigenvalue weighted by atomic mass is 9.92. The predicted molar refractivity (Wildman–Crippen MR) is 109 cm³/mol. The molecule has 0 radical (unpaired) electrons. The van der Waals surface area contributed by atoms with E-state index in [9.17, 15) is 4.79 Å². The van der Waals surface area contributed by atoms with Crippen molar-refractivity contribution >= 4 is 22.9 Å². The Morgan fingerprint density at radius 2 is 1.86 bits per heavy atom. The van der Waals surface area contributed by atoms with Gasteiger partial charge in [0.05, 0.1) is 24.5 Å². The number of rotatable bonds is 3. The van der Waals surface area contributed by atoms with E-state index >= 15 is 0 Å². The van der Waals surface area contributed by atoms with Crippen molar-refractivity contribution in [2.24, 2.45) is 0 Å². The van der Waals surface area contributed by atoms with Gasteiger partial charge in [0.15, 0.2) is 0 Å². The molecule has 0 bridgehead atoms. The molecule has 1 aromatic carbocycles. The first-order valence-electron chi connectivity index (χ1n) is 10.7. The smallest absolute Gasteiger partial charge is 0.261 e. The van der Waals surface area contributed by atoms with Gasteiger partial charge in [-0.25, -0.2) is 0 Å². The zero-order chi connectivity index (χ0) is 18.9. The molecule has 0 atom stereocenters. The quantitative estimate of drug-likeness (QED) is 0.786. The van der Waals surface area contributed by atoms with E-state index in [2.05, 4.69) is 28.8 Å². The van der Waals surface area contributed by atoms with E-state index in [1.807, 2.05) is 4.90 Å².